The molecule has 1 aliphatic rings. The molecule has 2 nitrogen and oxygen atoms in total. The SMILES string of the molecule is CCCC(OC)C(NCC)C1CCCC(C)C1. The second-order valence-corrected chi connectivity index (χ2v) is 5.68. The Morgan fingerprint density at radius 3 is 2.59 bits per heavy atom. The third-order valence-electron chi connectivity index (χ3n) is 4.20. The van der Waals surface area contributed by atoms with Crippen LogP contribution >= 0.6 is 0 Å². The first-order valence-corrected chi connectivity index (χ1v) is 7.49. The molecule has 1 aliphatic carbocycles. The van der Waals surface area contributed by atoms with E-state index in [2.05, 4.69) is 26.1 Å². The van der Waals surface area contributed by atoms with Crippen LogP contribution in [0.4, 0.5) is 0 Å². The Bertz CT molecular complexity index is 195. The zero-order chi connectivity index (χ0) is 12.7. The normalized spacial score (nSPS) is 28.9. The Kier molecular flexibility index (Phi) is 7.14. The first-order valence-electron chi connectivity index (χ1n) is 7.49. The summed E-state index contributed by atoms with van der Waals surface area (Å²) in [5.74, 6) is 1.71. The zero-order valence-electron chi connectivity index (χ0n) is 12.2. The minimum Gasteiger partial charge on any atom is -0.380 e. The number of methoxy groups -OCH3 is 1. The molecule has 0 spiro atoms. The molecule has 17 heavy (non-hydrogen) atoms. The molecule has 0 radical (unpaired) electrons. The van der Waals surface area contributed by atoms with Crippen LogP contribution < -0.4 is 5.32 Å². The van der Waals surface area contributed by atoms with E-state index in [-0.39, 0.29) is 0 Å². The van der Waals surface area contributed by atoms with Gasteiger partial charge in [0.2, 0.25) is 0 Å². The second-order valence-electron chi connectivity index (χ2n) is 5.68. The van der Waals surface area contributed by atoms with E-state index in [0.717, 1.165) is 18.4 Å². The lowest BCUT2D eigenvalue weighted by molar-refractivity contribution is 0.0292. The number of hydrogen-bond donors (Lipinski definition) is 1. The Balaban J connectivity index is 2.61. The van der Waals surface area contributed by atoms with Gasteiger partial charge in [0, 0.05) is 13.2 Å². The van der Waals surface area contributed by atoms with Gasteiger partial charge in [0.1, 0.15) is 0 Å². The molecular formula is C15H31NO. The van der Waals surface area contributed by atoms with Crippen LogP contribution in [0.1, 0.15) is 59.3 Å². The summed E-state index contributed by atoms with van der Waals surface area (Å²) < 4.78 is 5.73. The predicted octanol–water partition coefficient (Wildman–Crippen LogP) is 3.61. The van der Waals surface area contributed by atoms with Crippen molar-refractivity contribution in [3.63, 3.8) is 0 Å². The van der Waals surface area contributed by atoms with E-state index in [9.17, 15) is 0 Å². The van der Waals surface area contributed by atoms with Crippen LogP contribution in [0.25, 0.3) is 0 Å². The van der Waals surface area contributed by atoms with E-state index in [4.69, 9.17) is 4.74 Å². The number of ether oxygens (including phenoxy) is 1. The fourth-order valence-corrected chi connectivity index (χ4v) is 3.37. The van der Waals surface area contributed by atoms with Crippen LogP contribution in [0.5, 0.6) is 0 Å². The fourth-order valence-electron chi connectivity index (χ4n) is 3.37. The number of hydrogen-bond acceptors (Lipinski definition) is 2. The number of likely N-dealkylation sites (N-methyl/N-ethyl adjacent to an activating group) is 1. The molecule has 4 atom stereocenters. The molecule has 0 saturated heterocycles. The second kappa shape index (κ2) is 8.10. The van der Waals surface area contributed by atoms with Gasteiger partial charge in [0.05, 0.1) is 6.10 Å². The Labute approximate surface area is 108 Å². The Hall–Kier alpha value is -0.0800. The molecule has 0 aromatic rings. The lowest BCUT2D eigenvalue weighted by Crippen LogP contribution is -2.47. The molecule has 2 heteroatoms. The quantitative estimate of drug-likeness (QED) is 0.735. The van der Waals surface area contributed by atoms with E-state index in [1.807, 2.05) is 7.11 Å². The van der Waals surface area contributed by atoms with Crippen LogP contribution in [-0.4, -0.2) is 25.8 Å². The molecule has 1 fully saturated rings. The Morgan fingerprint density at radius 2 is 2.06 bits per heavy atom. The average molecular weight is 241 g/mol. The summed E-state index contributed by atoms with van der Waals surface area (Å²) in [5.41, 5.74) is 0. The highest BCUT2D eigenvalue weighted by atomic mass is 16.5. The highest BCUT2D eigenvalue weighted by Crippen LogP contribution is 2.33. The molecule has 0 amide bonds. The van der Waals surface area contributed by atoms with Crippen molar-refractivity contribution in [3.8, 4) is 0 Å². The summed E-state index contributed by atoms with van der Waals surface area (Å²) in [6, 6.07) is 0.563. The van der Waals surface area contributed by atoms with E-state index in [1.54, 1.807) is 0 Å². The van der Waals surface area contributed by atoms with Crippen molar-refractivity contribution in [3.05, 3.63) is 0 Å². The Morgan fingerprint density at radius 1 is 1.29 bits per heavy atom. The molecular weight excluding hydrogens is 210 g/mol. The maximum atomic E-state index is 5.73. The van der Waals surface area contributed by atoms with Gasteiger partial charge in [-0.05, 0) is 37.6 Å². The van der Waals surface area contributed by atoms with Crippen molar-refractivity contribution in [1.82, 2.24) is 5.32 Å². The molecule has 0 aliphatic heterocycles. The lowest BCUT2D eigenvalue weighted by atomic mass is 9.76. The minimum atomic E-state index is 0.398. The third kappa shape index (κ3) is 4.59. The third-order valence-corrected chi connectivity index (χ3v) is 4.20. The molecule has 1 rings (SSSR count). The average Bonchev–Trinajstić information content (AvgIpc) is 2.33. The first kappa shape index (κ1) is 15.0. The number of nitrogens with one attached hydrogen (secondary N) is 1. The van der Waals surface area contributed by atoms with Crippen LogP contribution in [0.3, 0.4) is 0 Å². The maximum absolute atomic E-state index is 5.73. The van der Waals surface area contributed by atoms with E-state index in [0.29, 0.717) is 12.1 Å². The van der Waals surface area contributed by atoms with Gasteiger partial charge in [-0.3, -0.25) is 0 Å². The summed E-state index contributed by atoms with van der Waals surface area (Å²) in [4.78, 5) is 0. The largest absolute Gasteiger partial charge is 0.380 e. The lowest BCUT2D eigenvalue weighted by Gasteiger charge is -2.37. The monoisotopic (exact) mass is 241 g/mol. The molecule has 1 saturated carbocycles. The van der Waals surface area contributed by atoms with E-state index >= 15 is 0 Å². The molecule has 0 bridgehead atoms. The van der Waals surface area contributed by atoms with E-state index < -0.39 is 0 Å². The first-order chi connectivity index (χ1) is 8.22. The summed E-state index contributed by atoms with van der Waals surface area (Å²) >= 11 is 0. The molecule has 0 aromatic carbocycles. The van der Waals surface area contributed by atoms with Crippen molar-refractivity contribution >= 4 is 0 Å². The molecule has 4 unspecified atom stereocenters. The van der Waals surface area contributed by atoms with Gasteiger partial charge in [-0.2, -0.15) is 0 Å². The van der Waals surface area contributed by atoms with Gasteiger partial charge in [0.25, 0.3) is 0 Å². The van der Waals surface area contributed by atoms with Crippen molar-refractivity contribution in [2.75, 3.05) is 13.7 Å². The van der Waals surface area contributed by atoms with Crippen LogP contribution in [-0.2, 0) is 4.74 Å². The summed E-state index contributed by atoms with van der Waals surface area (Å²) in [6.45, 7) is 7.91. The van der Waals surface area contributed by atoms with Crippen molar-refractivity contribution in [1.29, 1.82) is 0 Å². The van der Waals surface area contributed by atoms with Gasteiger partial charge in [-0.15, -0.1) is 0 Å². The smallest absolute Gasteiger partial charge is 0.0726 e. The van der Waals surface area contributed by atoms with Crippen LogP contribution in [0, 0.1) is 11.8 Å². The van der Waals surface area contributed by atoms with Crippen molar-refractivity contribution in [2.45, 2.75) is 71.4 Å². The predicted molar refractivity (Wildman–Crippen MR) is 74.3 cm³/mol. The standard InChI is InChI=1S/C15H31NO/c1-5-8-14(17-4)15(16-6-2)13-10-7-9-12(3)11-13/h12-16H,5-11H2,1-4H3. The van der Waals surface area contributed by atoms with Crippen molar-refractivity contribution in [2.24, 2.45) is 11.8 Å². The highest BCUT2D eigenvalue weighted by molar-refractivity contribution is 4.86. The summed E-state index contributed by atoms with van der Waals surface area (Å²) in [7, 11) is 1.87. The zero-order valence-corrected chi connectivity index (χ0v) is 12.2. The van der Waals surface area contributed by atoms with Gasteiger partial charge >= 0.3 is 0 Å². The number of rotatable bonds is 7. The minimum absolute atomic E-state index is 0.398. The van der Waals surface area contributed by atoms with Gasteiger partial charge < -0.3 is 10.1 Å². The van der Waals surface area contributed by atoms with Gasteiger partial charge in [-0.25, -0.2) is 0 Å². The topological polar surface area (TPSA) is 21.3 Å². The van der Waals surface area contributed by atoms with E-state index in [1.165, 1.54) is 38.5 Å². The van der Waals surface area contributed by atoms with Crippen LogP contribution in [0.2, 0.25) is 0 Å². The molecule has 0 heterocycles. The van der Waals surface area contributed by atoms with Gasteiger partial charge in [-0.1, -0.05) is 40.0 Å². The summed E-state index contributed by atoms with van der Waals surface area (Å²) in [6.07, 6.45) is 8.36. The maximum Gasteiger partial charge on any atom is 0.0726 e. The highest BCUT2D eigenvalue weighted by Gasteiger charge is 2.31. The summed E-state index contributed by atoms with van der Waals surface area (Å²) in [5, 5.41) is 3.68. The molecule has 1 N–H and O–H groups in total. The van der Waals surface area contributed by atoms with Crippen LogP contribution in [0.15, 0.2) is 0 Å². The van der Waals surface area contributed by atoms with Gasteiger partial charge in [0.15, 0.2) is 0 Å². The van der Waals surface area contributed by atoms with Crippen molar-refractivity contribution < 1.29 is 4.74 Å². The fraction of sp³-hybridized carbons (Fsp3) is 1.00. The molecule has 102 valence electrons. The molecule has 0 aromatic heterocycles.